The predicted octanol–water partition coefficient (Wildman–Crippen LogP) is 4.02. The molecular weight excluding hydrogens is 412 g/mol. The lowest BCUT2D eigenvalue weighted by Crippen LogP contribution is -2.56. The maximum absolute atomic E-state index is 13.5. The number of nitrogens with two attached hydrogens (primary N) is 1. The number of ketones is 1. The highest BCUT2D eigenvalue weighted by atomic mass is 16.2. The highest BCUT2D eigenvalue weighted by Crippen LogP contribution is 2.63. The van der Waals surface area contributed by atoms with Crippen LogP contribution in [0.25, 0.3) is 0 Å². The van der Waals surface area contributed by atoms with Crippen LogP contribution in [0.2, 0.25) is 0 Å². The monoisotopic (exact) mass is 448 g/mol. The van der Waals surface area contributed by atoms with E-state index in [1.807, 2.05) is 11.0 Å². The third kappa shape index (κ3) is 3.63. The van der Waals surface area contributed by atoms with E-state index in [9.17, 15) is 14.4 Å². The Balaban J connectivity index is 1.06. The Morgan fingerprint density at radius 3 is 2.36 bits per heavy atom. The summed E-state index contributed by atoms with van der Waals surface area (Å²) in [7, 11) is 0. The van der Waals surface area contributed by atoms with Crippen LogP contribution < -0.4 is 5.73 Å². The number of hydrogen-bond acceptors (Lipinski definition) is 3. The number of fused-ring (bicyclic) bond motifs is 1. The number of benzene rings is 1. The maximum Gasteiger partial charge on any atom is 0.223 e. The van der Waals surface area contributed by atoms with Crippen molar-refractivity contribution < 1.29 is 14.4 Å². The van der Waals surface area contributed by atoms with Crippen molar-refractivity contribution >= 4 is 17.6 Å². The fourth-order valence-electron chi connectivity index (χ4n) is 8.23. The molecule has 5 saturated carbocycles. The SMILES string of the molecule is NC(=O)C12CC3CC(C1)C(CC(=O)C1(CCC(=O)N4CCc5ccccc5C4)CC1)C(C3)C2. The Hall–Kier alpha value is -2.17. The van der Waals surface area contributed by atoms with Crippen molar-refractivity contribution in [2.75, 3.05) is 6.54 Å². The zero-order chi connectivity index (χ0) is 22.8. The van der Waals surface area contributed by atoms with Crippen LogP contribution in [0.3, 0.4) is 0 Å². The number of amides is 2. The van der Waals surface area contributed by atoms with Gasteiger partial charge in [0, 0.05) is 36.8 Å². The van der Waals surface area contributed by atoms with Gasteiger partial charge in [-0.3, -0.25) is 14.4 Å². The van der Waals surface area contributed by atoms with Crippen molar-refractivity contribution in [3.8, 4) is 0 Å². The standard InChI is InChI=1S/C28H36N2O3/c29-26(33)28-14-18-11-21(15-28)23(22(12-18)16-28)13-24(31)27(8-9-27)7-5-25(32)30-10-6-19-3-1-2-4-20(19)17-30/h1-4,18,21-23H,5-17H2,(H2,29,33). The van der Waals surface area contributed by atoms with Crippen molar-refractivity contribution in [2.24, 2.45) is 40.2 Å². The second-order valence-corrected chi connectivity index (χ2v) is 12.0. The van der Waals surface area contributed by atoms with Crippen molar-refractivity contribution in [2.45, 2.75) is 77.2 Å². The van der Waals surface area contributed by atoms with Crippen molar-refractivity contribution in [1.82, 2.24) is 4.90 Å². The van der Waals surface area contributed by atoms with Gasteiger partial charge in [0.05, 0.1) is 0 Å². The highest BCUT2D eigenvalue weighted by Gasteiger charge is 2.59. The summed E-state index contributed by atoms with van der Waals surface area (Å²) < 4.78 is 0. The normalized spacial score (nSPS) is 35.2. The van der Waals surface area contributed by atoms with Crippen LogP contribution in [0.15, 0.2) is 24.3 Å². The molecule has 5 nitrogen and oxygen atoms in total. The molecule has 0 radical (unpaired) electrons. The van der Waals surface area contributed by atoms with E-state index in [1.165, 1.54) is 24.0 Å². The Kier molecular flexibility index (Phi) is 4.97. The molecule has 0 saturated heterocycles. The molecule has 1 heterocycles. The number of rotatable bonds is 7. The number of Topliss-reactive ketones (excluding diaryl/α,β-unsaturated/α-hetero) is 1. The van der Waals surface area contributed by atoms with E-state index in [-0.39, 0.29) is 22.6 Å². The average molecular weight is 449 g/mol. The number of carbonyl (C=O) groups is 3. The van der Waals surface area contributed by atoms with Gasteiger partial charge in [-0.15, -0.1) is 0 Å². The third-order valence-electron chi connectivity index (χ3n) is 10.2. The highest BCUT2D eigenvalue weighted by molar-refractivity contribution is 5.88. The molecular formula is C28H36N2O3. The first-order valence-corrected chi connectivity index (χ1v) is 13.1. The Bertz CT molecular complexity index is 981. The third-order valence-corrected chi connectivity index (χ3v) is 10.2. The molecule has 1 aromatic rings. The summed E-state index contributed by atoms with van der Waals surface area (Å²) in [6, 6.07) is 8.38. The molecule has 4 bridgehead atoms. The fraction of sp³-hybridized carbons (Fsp3) is 0.679. The van der Waals surface area contributed by atoms with E-state index in [4.69, 9.17) is 5.73 Å². The lowest BCUT2D eigenvalue weighted by molar-refractivity contribution is -0.152. The second-order valence-electron chi connectivity index (χ2n) is 12.0. The molecule has 1 aromatic carbocycles. The predicted molar refractivity (Wildman–Crippen MR) is 125 cm³/mol. The van der Waals surface area contributed by atoms with E-state index >= 15 is 0 Å². The molecule has 5 heteroatoms. The minimum absolute atomic E-state index is 0.107. The molecule has 2 atom stereocenters. The average Bonchev–Trinajstić information content (AvgIpc) is 3.60. The minimum atomic E-state index is -0.285. The topological polar surface area (TPSA) is 80.5 Å². The van der Waals surface area contributed by atoms with Gasteiger partial charge in [-0.25, -0.2) is 0 Å². The summed E-state index contributed by atoms with van der Waals surface area (Å²) in [5.74, 6) is 2.50. The van der Waals surface area contributed by atoms with Crippen molar-refractivity contribution in [3.05, 3.63) is 35.4 Å². The molecule has 2 amide bonds. The number of carbonyl (C=O) groups excluding carboxylic acids is 3. The molecule has 7 rings (SSSR count). The molecule has 0 spiro atoms. The van der Waals surface area contributed by atoms with Crippen molar-refractivity contribution in [1.29, 1.82) is 0 Å². The van der Waals surface area contributed by atoms with Gasteiger partial charge in [-0.2, -0.15) is 0 Å². The Morgan fingerprint density at radius 1 is 1.00 bits per heavy atom. The molecule has 2 unspecified atom stereocenters. The minimum Gasteiger partial charge on any atom is -0.369 e. The van der Waals surface area contributed by atoms with E-state index in [1.54, 1.807) is 0 Å². The van der Waals surface area contributed by atoms with E-state index in [2.05, 4.69) is 18.2 Å². The van der Waals surface area contributed by atoms with Gasteiger partial charge in [0.1, 0.15) is 5.78 Å². The van der Waals surface area contributed by atoms with Crippen molar-refractivity contribution in [3.63, 3.8) is 0 Å². The molecule has 5 aliphatic carbocycles. The zero-order valence-corrected chi connectivity index (χ0v) is 19.6. The summed E-state index contributed by atoms with van der Waals surface area (Å²) in [6.07, 6.45) is 9.77. The second kappa shape index (κ2) is 7.68. The summed E-state index contributed by atoms with van der Waals surface area (Å²) >= 11 is 0. The van der Waals surface area contributed by atoms with Crippen LogP contribution in [-0.4, -0.2) is 29.0 Å². The summed E-state index contributed by atoms with van der Waals surface area (Å²) in [5.41, 5.74) is 7.90. The Labute approximate surface area is 196 Å². The lowest BCUT2D eigenvalue weighted by atomic mass is 9.45. The summed E-state index contributed by atoms with van der Waals surface area (Å²) in [6.45, 7) is 1.48. The maximum atomic E-state index is 13.5. The van der Waals surface area contributed by atoms with Crippen LogP contribution in [-0.2, 0) is 27.3 Å². The molecule has 5 fully saturated rings. The zero-order valence-electron chi connectivity index (χ0n) is 19.6. The molecule has 1 aliphatic heterocycles. The van der Waals surface area contributed by atoms with Gasteiger partial charge in [0.15, 0.2) is 0 Å². The van der Waals surface area contributed by atoms with Gasteiger partial charge in [-0.05, 0) is 92.6 Å². The smallest absolute Gasteiger partial charge is 0.223 e. The van der Waals surface area contributed by atoms with E-state index < -0.39 is 0 Å². The molecule has 0 aromatic heterocycles. The summed E-state index contributed by atoms with van der Waals surface area (Å²) in [4.78, 5) is 40.6. The van der Waals surface area contributed by atoms with Gasteiger partial charge in [0.25, 0.3) is 0 Å². The van der Waals surface area contributed by atoms with Crippen LogP contribution in [0.4, 0.5) is 0 Å². The van der Waals surface area contributed by atoms with E-state index in [0.717, 1.165) is 45.1 Å². The summed E-state index contributed by atoms with van der Waals surface area (Å²) in [5, 5.41) is 0. The van der Waals surface area contributed by atoms with Gasteiger partial charge >= 0.3 is 0 Å². The van der Waals surface area contributed by atoms with Crippen LogP contribution in [0.1, 0.15) is 75.3 Å². The largest absolute Gasteiger partial charge is 0.369 e. The fourth-order valence-corrected chi connectivity index (χ4v) is 8.23. The number of nitrogens with zero attached hydrogens (tertiary/aromatic N) is 1. The molecule has 176 valence electrons. The van der Waals surface area contributed by atoms with Crippen LogP contribution in [0.5, 0.6) is 0 Å². The number of primary amides is 1. The number of hydrogen-bond donors (Lipinski definition) is 1. The quantitative estimate of drug-likeness (QED) is 0.684. The first-order valence-electron chi connectivity index (χ1n) is 13.1. The lowest BCUT2D eigenvalue weighted by Gasteiger charge is -2.59. The van der Waals surface area contributed by atoms with Gasteiger partial charge < -0.3 is 10.6 Å². The van der Waals surface area contributed by atoms with E-state index in [0.29, 0.717) is 55.3 Å². The Morgan fingerprint density at radius 2 is 1.70 bits per heavy atom. The van der Waals surface area contributed by atoms with Gasteiger partial charge in [0.2, 0.25) is 11.8 Å². The molecule has 2 N–H and O–H groups in total. The first kappa shape index (κ1) is 21.4. The molecule has 6 aliphatic rings. The van der Waals surface area contributed by atoms with Gasteiger partial charge in [-0.1, -0.05) is 24.3 Å². The van der Waals surface area contributed by atoms with Crippen LogP contribution in [0, 0.1) is 34.5 Å². The first-order chi connectivity index (χ1) is 15.9. The van der Waals surface area contributed by atoms with Crippen LogP contribution >= 0.6 is 0 Å². The molecule has 33 heavy (non-hydrogen) atoms.